The molecule has 0 aliphatic carbocycles. The Balaban J connectivity index is 1.93. The molecule has 1 heterocycles. The molecular formula is C22H21N3O2S. The standard InChI is InChI=1S/C22H21N3O2S/c1-3-19-21(27)25(17-11-9-15(2)10-12-17)22(28-19)18(13-23)20(26)24-14-16-7-5-4-6-8-16/h4-12,19H,3,14H2,1-2H3,(H,24,26)/b22-18+. The van der Waals surface area contributed by atoms with Crippen LogP contribution < -0.4 is 10.2 Å². The average Bonchev–Trinajstić information content (AvgIpc) is 3.04. The molecular weight excluding hydrogens is 370 g/mol. The third-order valence-corrected chi connectivity index (χ3v) is 5.89. The lowest BCUT2D eigenvalue weighted by Gasteiger charge is -2.19. The van der Waals surface area contributed by atoms with Gasteiger partial charge in [0.15, 0.2) is 0 Å². The Bertz CT molecular complexity index is 946. The van der Waals surface area contributed by atoms with Gasteiger partial charge >= 0.3 is 0 Å². The van der Waals surface area contributed by atoms with E-state index in [0.29, 0.717) is 23.7 Å². The largest absolute Gasteiger partial charge is 0.347 e. The third-order valence-electron chi connectivity index (χ3n) is 4.46. The van der Waals surface area contributed by atoms with Gasteiger partial charge in [-0.25, -0.2) is 0 Å². The molecule has 1 saturated heterocycles. The van der Waals surface area contributed by atoms with Crippen LogP contribution in [0.5, 0.6) is 0 Å². The van der Waals surface area contributed by atoms with Crippen LogP contribution in [0.1, 0.15) is 24.5 Å². The fourth-order valence-corrected chi connectivity index (χ4v) is 4.11. The van der Waals surface area contributed by atoms with E-state index < -0.39 is 5.91 Å². The lowest BCUT2D eigenvalue weighted by molar-refractivity contribution is -0.117. The van der Waals surface area contributed by atoms with Crippen LogP contribution in [0, 0.1) is 18.3 Å². The summed E-state index contributed by atoms with van der Waals surface area (Å²) in [5.74, 6) is -0.578. The summed E-state index contributed by atoms with van der Waals surface area (Å²) in [6.45, 7) is 4.21. The van der Waals surface area contributed by atoms with Crippen molar-refractivity contribution in [3.8, 4) is 6.07 Å². The van der Waals surface area contributed by atoms with E-state index in [-0.39, 0.29) is 16.7 Å². The molecule has 0 bridgehead atoms. The van der Waals surface area contributed by atoms with Gasteiger partial charge in [-0.15, -0.1) is 0 Å². The molecule has 1 unspecified atom stereocenters. The summed E-state index contributed by atoms with van der Waals surface area (Å²) in [7, 11) is 0. The first-order valence-electron chi connectivity index (χ1n) is 9.09. The van der Waals surface area contributed by atoms with Crippen molar-refractivity contribution in [3.63, 3.8) is 0 Å². The molecule has 6 heteroatoms. The Labute approximate surface area is 169 Å². The van der Waals surface area contributed by atoms with Gasteiger partial charge in [0.25, 0.3) is 5.91 Å². The second-order valence-corrected chi connectivity index (χ2v) is 7.68. The lowest BCUT2D eigenvalue weighted by Crippen LogP contribution is -2.31. The number of amides is 2. The Kier molecular flexibility index (Phi) is 6.17. The predicted octanol–water partition coefficient (Wildman–Crippen LogP) is 3.91. The van der Waals surface area contributed by atoms with Crippen LogP contribution in [0.3, 0.4) is 0 Å². The van der Waals surface area contributed by atoms with Crippen LogP contribution in [-0.4, -0.2) is 17.1 Å². The first kappa shape index (κ1) is 19.7. The van der Waals surface area contributed by atoms with E-state index in [4.69, 9.17) is 0 Å². The number of hydrogen-bond donors (Lipinski definition) is 1. The Hall–Kier alpha value is -3.04. The maximum absolute atomic E-state index is 12.9. The van der Waals surface area contributed by atoms with Gasteiger partial charge in [-0.1, -0.05) is 66.7 Å². The van der Waals surface area contributed by atoms with Gasteiger partial charge in [0, 0.05) is 12.2 Å². The maximum Gasteiger partial charge on any atom is 0.264 e. The van der Waals surface area contributed by atoms with Crippen molar-refractivity contribution < 1.29 is 9.59 Å². The highest BCUT2D eigenvalue weighted by Crippen LogP contribution is 2.41. The Morgan fingerprint density at radius 3 is 2.46 bits per heavy atom. The number of hydrogen-bond acceptors (Lipinski definition) is 4. The van der Waals surface area contributed by atoms with Gasteiger partial charge in [-0.05, 0) is 31.0 Å². The smallest absolute Gasteiger partial charge is 0.264 e. The highest BCUT2D eigenvalue weighted by Gasteiger charge is 2.39. The van der Waals surface area contributed by atoms with Crippen LogP contribution >= 0.6 is 11.8 Å². The predicted molar refractivity (Wildman–Crippen MR) is 111 cm³/mol. The minimum atomic E-state index is -0.476. The summed E-state index contributed by atoms with van der Waals surface area (Å²) in [5, 5.41) is 12.6. The number of nitrogens with zero attached hydrogens (tertiary/aromatic N) is 2. The van der Waals surface area contributed by atoms with E-state index in [2.05, 4.69) is 5.32 Å². The van der Waals surface area contributed by atoms with Crippen molar-refractivity contribution in [3.05, 3.63) is 76.3 Å². The molecule has 3 rings (SSSR count). The van der Waals surface area contributed by atoms with E-state index in [1.54, 1.807) is 0 Å². The van der Waals surface area contributed by atoms with E-state index in [9.17, 15) is 14.9 Å². The topological polar surface area (TPSA) is 73.2 Å². The minimum Gasteiger partial charge on any atom is -0.347 e. The molecule has 2 amide bonds. The lowest BCUT2D eigenvalue weighted by atomic mass is 10.2. The number of carbonyl (C=O) groups is 2. The molecule has 1 atom stereocenters. The van der Waals surface area contributed by atoms with Crippen molar-refractivity contribution in [2.24, 2.45) is 0 Å². The zero-order chi connectivity index (χ0) is 20.1. The molecule has 0 aromatic heterocycles. The van der Waals surface area contributed by atoms with Crippen molar-refractivity contribution in [2.45, 2.75) is 32.1 Å². The van der Waals surface area contributed by atoms with Gasteiger partial charge in [0.2, 0.25) is 5.91 Å². The van der Waals surface area contributed by atoms with Crippen molar-refractivity contribution in [1.82, 2.24) is 5.32 Å². The highest BCUT2D eigenvalue weighted by atomic mass is 32.2. The summed E-state index contributed by atoms with van der Waals surface area (Å²) in [6, 6.07) is 19.0. The molecule has 1 aliphatic heterocycles. The van der Waals surface area contributed by atoms with Gasteiger partial charge in [-0.2, -0.15) is 5.26 Å². The number of benzene rings is 2. The molecule has 2 aromatic rings. The first-order valence-corrected chi connectivity index (χ1v) is 9.97. The van der Waals surface area contributed by atoms with E-state index >= 15 is 0 Å². The number of thioether (sulfide) groups is 1. The summed E-state index contributed by atoms with van der Waals surface area (Å²) in [6.07, 6.45) is 0.625. The quantitative estimate of drug-likeness (QED) is 0.620. The number of carbonyl (C=O) groups excluding carboxylic acids is 2. The maximum atomic E-state index is 12.9. The summed E-state index contributed by atoms with van der Waals surface area (Å²) >= 11 is 1.28. The van der Waals surface area contributed by atoms with Crippen LogP contribution in [-0.2, 0) is 16.1 Å². The highest BCUT2D eigenvalue weighted by molar-refractivity contribution is 8.05. The van der Waals surface area contributed by atoms with Crippen LogP contribution in [0.15, 0.2) is 65.2 Å². The molecule has 1 N–H and O–H groups in total. The second kappa shape index (κ2) is 8.77. The van der Waals surface area contributed by atoms with Crippen LogP contribution in [0.4, 0.5) is 5.69 Å². The number of aryl methyl sites for hydroxylation is 1. The molecule has 2 aromatic carbocycles. The van der Waals surface area contributed by atoms with E-state index in [1.165, 1.54) is 16.7 Å². The molecule has 0 saturated carbocycles. The summed E-state index contributed by atoms with van der Waals surface area (Å²) in [4.78, 5) is 27.1. The number of anilines is 1. The zero-order valence-electron chi connectivity index (χ0n) is 15.8. The van der Waals surface area contributed by atoms with Gasteiger partial charge < -0.3 is 5.32 Å². The summed E-state index contributed by atoms with van der Waals surface area (Å²) in [5.41, 5.74) is 2.64. The fourth-order valence-electron chi connectivity index (χ4n) is 2.91. The van der Waals surface area contributed by atoms with Gasteiger partial charge in [-0.3, -0.25) is 14.5 Å². The van der Waals surface area contributed by atoms with Crippen molar-refractivity contribution >= 4 is 29.3 Å². The number of rotatable bonds is 5. The SMILES string of the molecule is CCC1S/C(=C(\C#N)C(=O)NCc2ccccc2)N(c2ccc(C)cc2)C1=O. The number of nitriles is 1. The Morgan fingerprint density at radius 1 is 1.18 bits per heavy atom. The molecule has 5 nitrogen and oxygen atoms in total. The fraction of sp³-hybridized carbons (Fsp3) is 0.227. The normalized spacial score (nSPS) is 18.0. The minimum absolute atomic E-state index is 0.0363. The van der Waals surface area contributed by atoms with Crippen molar-refractivity contribution in [2.75, 3.05) is 4.90 Å². The molecule has 142 valence electrons. The van der Waals surface area contributed by atoms with E-state index in [1.807, 2.05) is 74.5 Å². The molecule has 0 spiro atoms. The zero-order valence-corrected chi connectivity index (χ0v) is 16.6. The van der Waals surface area contributed by atoms with E-state index in [0.717, 1.165) is 11.1 Å². The molecule has 1 aliphatic rings. The monoisotopic (exact) mass is 391 g/mol. The third kappa shape index (κ3) is 4.10. The molecule has 1 fully saturated rings. The Morgan fingerprint density at radius 2 is 1.86 bits per heavy atom. The number of nitrogens with one attached hydrogen (secondary N) is 1. The van der Waals surface area contributed by atoms with Crippen LogP contribution in [0.2, 0.25) is 0 Å². The van der Waals surface area contributed by atoms with Gasteiger partial charge in [0.05, 0.1) is 5.25 Å². The second-order valence-electron chi connectivity index (χ2n) is 6.48. The molecule has 28 heavy (non-hydrogen) atoms. The van der Waals surface area contributed by atoms with Crippen molar-refractivity contribution in [1.29, 1.82) is 5.26 Å². The molecule has 0 radical (unpaired) electrons. The van der Waals surface area contributed by atoms with Gasteiger partial charge in [0.1, 0.15) is 16.7 Å². The van der Waals surface area contributed by atoms with Crippen LogP contribution in [0.25, 0.3) is 0 Å². The summed E-state index contributed by atoms with van der Waals surface area (Å²) < 4.78 is 0. The first-order chi connectivity index (χ1) is 13.5. The average molecular weight is 391 g/mol.